The van der Waals surface area contributed by atoms with E-state index in [-0.39, 0.29) is 18.2 Å². The van der Waals surface area contributed by atoms with Crippen LogP contribution in [0.4, 0.5) is 5.69 Å². The molecule has 7 heteroatoms. The van der Waals surface area contributed by atoms with Crippen molar-refractivity contribution in [2.45, 2.75) is 6.42 Å². The number of nitro benzene ring substituents is 1. The van der Waals surface area contributed by atoms with E-state index in [1.54, 1.807) is 11.0 Å². The smallest absolute Gasteiger partial charge is 0.270 e. The molecule has 21 heavy (non-hydrogen) atoms. The first-order valence-corrected chi connectivity index (χ1v) is 6.99. The van der Waals surface area contributed by atoms with Gasteiger partial charge in [0, 0.05) is 43.9 Å². The van der Waals surface area contributed by atoms with Gasteiger partial charge in [-0.05, 0) is 19.0 Å². The van der Waals surface area contributed by atoms with Crippen LogP contribution >= 0.6 is 0 Å². The average Bonchev–Trinajstić information content (AvgIpc) is 2.73. The van der Waals surface area contributed by atoms with E-state index in [0.717, 1.165) is 13.0 Å². The van der Waals surface area contributed by atoms with Crippen LogP contribution in [0, 0.1) is 10.1 Å². The molecule has 1 amide bonds. The molecule has 1 aromatic rings. The number of aliphatic hydroxyl groups is 1. The van der Waals surface area contributed by atoms with Crippen LogP contribution in [0.5, 0.6) is 0 Å². The minimum absolute atomic E-state index is 0.0717. The van der Waals surface area contributed by atoms with Gasteiger partial charge in [0.05, 0.1) is 11.5 Å². The Hall–Kier alpha value is -1.99. The molecule has 0 bridgehead atoms. The Morgan fingerprint density at radius 2 is 2.10 bits per heavy atom. The molecule has 0 saturated carbocycles. The monoisotopic (exact) mass is 293 g/mol. The Kier molecular flexibility index (Phi) is 5.24. The number of nitrogens with zero attached hydrogens (tertiary/aromatic N) is 3. The van der Waals surface area contributed by atoms with Gasteiger partial charge in [0.1, 0.15) is 0 Å². The van der Waals surface area contributed by atoms with Crippen molar-refractivity contribution in [3.63, 3.8) is 0 Å². The van der Waals surface area contributed by atoms with Gasteiger partial charge in [0.15, 0.2) is 0 Å². The number of carbonyl (C=O) groups excluding carboxylic acids is 1. The third kappa shape index (κ3) is 3.99. The van der Waals surface area contributed by atoms with Crippen LogP contribution in [-0.4, -0.2) is 65.1 Å². The molecule has 0 aliphatic carbocycles. The average molecular weight is 293 g/mol. The Morgan fingerprint density at radius 1 is 1.29 bits per heavy atom. The third-order valence-electron chi connectivity index (χ3n) is 3.60. The number of amides is 1. The molecular formula is C14H19N3O4. The summed E-state index contributed by atoms with van der Waals surface area (Å²) >= 11 is 0. The van der Waals surface area contributed by atoms with Crippen LogP contribution in [0.2, 0.25) is 0 Å². The zero-order valence-electron chi connectivity index (χ0n) is 11.8. The molecule has 114 valence electrons. The molecule has 1 heterocycles. The summed E-state index contributed by atoms with van der Waals surface area (Å²) in [4.78, 5) is 26.5. The summed E-state index contributed by atoms with van der Waals surface area (Å²) < 4.78 is 0. The number of hydrogen-bond donors (Lipinski definition) is 1. The van der Waals surface area contributed by atoms with E-state index in [4.69, 9.17) is 5.11 Å². The molecule has 0 unspecified atom stereocenters. The van der Waals surface area contributed by atoms with E-state index in [0.29, 0.717) is 31.7 Å². The van der Waals surface area contributed by atoms with Crippen molar-refractivity contribution in [2.24, 2.45) is 0 Å². The Balaban J connectivity index is 2.06. The normalized spacial score (nSPS) is 16.5. The standard InChI is InChI=1S/C14H19N3O4/c18-10-9-15-5-2-6-16(8-7-15)14(19)12-3-1-4-13(11-12)17(20)21/h1,3-4,11,18H,2,5-10H2. The fourth-order valence-electron chi connectivity index (χ4n) is 2.47. The van der Waals surface area contributed by atoms with Gasteiger partial charge < -0.3 is 10.0 Å². The molecule has 0 atom stereocenters. The number of non-ortho nitro benzene ring substituents is 1. The van der Waals surface area contributed by atoms with Gasteiger partial charge in [-0.25, -0.2) is 0 Å². The fraction of sp³-hybridized carbons (Fsp3) is 0.500. The lowest BCUT2D eigenvalue weighted by atomic mass is 10.1. The molecule has 1 saturated heterocycles. The van der Waals surface area contributed by atoms with Crippen molar-refractivity contribution >= 4 is 11.6 Å². The summed E-state index contributed by atoms with van der Waals surface area (Å²) in [5, 5.41) is 19.7. The minimum atomic E-state index is -0.498. The van der Waals surface area contributed by atoms with Crippen LogP contribution in [0.1, 0.15) is 16.8 Å². The first-order chi connectivity index (χ1) is 10.1. The van der Waals surface area contributed by atoms with Crippen molar-refractivity contribution in [2.75, 3.05) is 39.3 Å². The van der Waals surface area contributed by atoms with E-state index < -0.39 is 4.92 Å². The lowest BCUT2D eigenvalue weighted by molar-refractivity contribution is -0.384. The van der Waals surface area contributed by atoms with E-state index in [1.807, 2.05) is 0 Å². The second-order valence-corrected chi connectivity index (χ2v) is 5.02. The van der Waals surface area contributed by atoms with Gasteiger partial charge >= 0.3 is 0 Å². The van der Waals surface area contributed by atoms with Crippen molar-refractivity contribution in [1.29, 1.82) is 0 Å². The van der Waals surface area contributed by atoms with Gasteiger partial charge in [-0.2, -0.15) is 0 Å². The van der Waals surface area contributed by atoms with Gasteiger partial charge in [-0.1, -0.05) is 6.07 Å². The fourth-order valence-corrected chi connectivity index (χ4v) is 2.47. The van der Waals surface area contributed by atoms with Crippen molar-refractivity contribution in [1.82, 2.24) is 9.80 Å². The minimum Gasteiger partial charge on any atom is -0.395 e. The molecule has 1 aromatic carbocycles. The van der Waals surface area contributed by atoms with Crippen LogP contribution in [0.3, 0.4) is 0 Å². The molecule has 0 spiro atoms. The predicted molar refractivity (Wildman–Crippen MR) is 77.1 cm³/mol. The second-order valence-electron chi connectivity index (χ2n) is 5.02. The molecule has 7 nitrogen and oxygen atoms in total. The summed E-state index contributed by atoms with van der Waals surface area (Å²) in [6.07, 6.45) is 0.834. The van der Waals surface area contributed by atoms with Gasteiger partial charge in [0.25, 0.3) is 11.6 Å². The highest BCUT2D eigenvalue weighted by molar-refractivity contribution is 5.94. The molecular weight excluding hydrogens is 274 g/mol. The number of hydrogen-bond acceptors (Lipinski definition) is 5. The maximum Gasteiger partial charge on any atom is 0.270 e. The molecule has 1 fully saturated rings. The van der Waals surface area contributed by atoms with Crippen LogP contribution in [-0.2, 0) is 0 Å². The lowest BCUT2D eigenvalue weighted by Crippen LogP contribution is -2.35. The Labute approximate surface area is 122 Å². The molecule has 1 N–H and O–H groups in total. The highest BCUT2D eigenvalue weighted by Crippen LogP contribution is 2.16. The molecule has 1 aliphatic rings. The molecule has 2 rings (SSSR count). The quantitative estimate of drug-likeness (QED) is 0.653. The first kappa shape index (κ1) is 15.4. The van der Waals surface area contributed by atoms with Crippen LogP contribution in [0.15, 0.2) is 24.3 Å². The molecule has 1 aliphatic heterocycles. The number of aliphatic hydroxyl groups excluding tert-OH is 1. The lowest BCUT2D eigenvalue weighted by Gasteiger charge is -2.21. The largest absolute Gasteiger partial charge is 0.395 e. The second kappa shape index (κ2) is 7.14. The van der Waals surface area contributed by atoms with Crippen LogP contribution in [0.25, 0.3) is 0 Å². The van der Waals surface area contributed by atoms with Crippen molar-refractivity contribution < 1.29 is 14.8 Å². The Bertz CT molecular complexity index is 521. The maximum absolute atomic E-state index is 12.4. The summed E-state index contributed by atoms with van der Waals surface area (Å²) in [5.41, 5.74) is 0.275. The van der Waals surface area contributed by atoms with Gasteiger partial charge in [-0.3, -0.25) is 19.8 Å². The number of carbonyl (C=O) groups is 1. The van der Waals surface area contributed by atoms with E-state index in [9.17, 15) is 14.9 Å². The van der Waals surface area contributed by atoms with Gasteiger partial charge in [-0.15, -0.1) is 0 Å². The predicted octanol–water partition coefficient (Wildman–Crippen LogP) is 0.735. The SMILES string of the molecule is O=C(c1cccc([N+](=O)[O-])c1)N1CCCN(CCO)CC1. The van der Waals surface area contributed by atoms with Crippen molar-refractivity contribution in [3.8, 4) is 0 Å². The van der Waals surface area contributed by atoms with E-state index in [2.05, 4.69) is 4.90 Å². The molecule has 0 aromatic heterocycles. The topological polar surface area (TPSA) is 86.9 Å². The molecule has 0 radical (unpaired) electrons. The zero-order chi connectivity index (χ0) is 15.2. The summed E-state index contributed by atoms with van der Waals surface area (Å²) in [6.45, 7) is 3.48. The zero-order valence-corrected chi connectivity index (χ0v) is 11.8. The number of benzene rings is 1. The van der Waals surface area contributed by atoms with Crippen LogP contribution < -0.4 is 0 Å². The van der Waals surface area contributed by atoms with E-state index in [1.165, 1.54) is 18.2 Å². The maximum atomic E-state index is 12.4. The third-order valence-corrected chi connectivity index (χ3v) is 3.60. The Morgan fingerprint density at radius 3 is 2.81 bits per heavy atom. The van der Waals surface area contributed by atoms with E-state index >= 15 is 0 Å². The highest BCUT2D eigenvalue weighted by atomic mass is 16.6. The summed E-state index contributed by atoms with van der Waals surface area (Å²) in [7, 11) is 0. The number of nitro groups is 1. The van der Waals surface area contributed by atoms with Gasteiger partial charge in [0.2, 0.25) is 0 Å². The first-order valence-electron chi connectivity index (χ1n) is 6.99. The van der Waals surface area contributed by atoms with Crippen molar-refractivity contribution in [3.05, 3.63) is 39.9 Å². The summed E-state index contributed by atoms with van der Waals surface area (Å²) in [6, 6.07) is 5.83. The number of β-amino-alcohol motifs (C(OH)–C–C–N with tert-alkyl or cyclic N) is 1. The highest BCUT2D eigenvalue weighted by Gasteiger charge is 2.21. The number of rotatable bonds is 4. The summed E-state index contributed by atoms with van der Waals surface area (Å²) in [5.74, 6) is -0.176.